The molecule has 5 atom stereocenters. The first-order valence-electron chi connectivity index (χ1n) is 9.54. The molecule has 0 saturated carbocycles. The van der Waals surface area contributed by atoms with Crippen LogP contribution >= 0.6 is 19.6 Å². The van der Waals surface area contributed by atoms with Gasteiger partial charge in [0.1, 0.15) is 29.6 Å². The van der Waals surface area contributed by atoms with Crippen LogP contribution in [0.2, 0.25) is 0 Å². The summed E-state index contributed by atoms with van der Waals surface area (Å²) in [5.74, 6) is 0.922. The van der Waals surface area contributed by atoms with Crippen LogP contribution in [0.15, 0.2) is 40.6 Å². The third-order valence-corrected chi connectivity index (χ3v) is 7.01. The van der Waals surface area contributed by atoms with Crippen molar-refractivity contribution in [2.45, 2.75) is 34.6 Å². The van der Waals surface area contributed by atoms with Gasteiger partial charge in [0.05, 0.1) is 20.0 Å². The average Bonchev–Trinajstić information content (AvgIpc) is 3.34. The van der Waals surface area contributed by atoms with E-state index in [1.54, 1.807) is 11.7 Å². The summed E-state index contributed by atoms with van der Waals surface area (Å²) >= 11 is 1.32. The summed E-state index contributed by atoms with van der Waals surface area (Å²) in [4.78, 5) is 23.9. The van der Waals surface area contributed by atoms with Crippen molar-refractivity contribution in [1.82, 2.24) is 19.5 Å². The highest BCUT2D eigenvalue weighted by molar-refractivity contribution is 7.99. The van der Waals surface area contributed by atoms with Crippen LogP contribution in [0.5, 0.6) is 5.75 Å². The molecular formula is C18H20N5O7PS. The first-order valence-corrected chi connectivity index (χ1v) is 11.9. The number of ether oxygens (including phenoxy) is 3. The molecule has 170 valence electrons. The molecule has 32 heavy (non-hydrogen) atoms. The summed E-state index contributed by atoms with van der Waals surface area (Å²) in [5, 5.41) is 0.411. The Morgan fingerprint density at radius 3 is 2.97 bits per heavy atom. The summed E-state index contributed by atoms with van der Waals surface area (Å²) in [5.41, 5.74) is 6.98. The van der Waals surface area contributed by atoms with E-state index >= 15 is 0 Å². The largest absolute Gasteiger partial charge is 0.497 e. The van der Waals surface area contributed by atoms with Gasteiger partial charge >= 0.3 is 7.82 Å². The summed E-state index contributed by atoms with van der Waals surface area (Å²) in [6.07, 6.45) is -1.31. The average molecular weight is 481 g/mol. The van der Waals surface area contributed by atoms with Crippen molar-refractivity contribution in [2.24, 2.45) is 0 Å². The number of phosphoric ester groups is 1. The maximum Gasteiger partial charge on any atom is 0.472 e. The molecule has 3 N–H and O–H groups in total. The van der Waals surface area contributed by atoms with Gasteiger partial charge < -0.3 is 24.8 Å². The van der Waals surface area contributed by atoms with E-state index in [1.807, 2.05) is 24.3 Å². The van der Waals surface area contributed by atoms with Crippen molar-refractivity contribution in [3.63, 3.8) is 0 Å². The molecule has 0 amide bonds. The third-order valence-electron chi connectivity index (χ3n) is 5.17. The van der Waals surface area contributed by atoms with Crippen molar-refractivity contribution in [3.8, 4) is 5.75 Å². The minimum Gasteiger partial charge on any atom is -0.497 e. The molecule has 0 spiro atoms. The quantitative estimate of drug-likeness (QED) is 0.405. The van der Waals surface area contributed by atoms with E-state index < -0.39 is 32.4 Å². The van der Waals surface area contributed by atoms with Crippen molar-refractivity contribution in [1.29, 1.82) is 0 Å². The van der Waals surface area contributed by atoms with E-state index in [4.69, 9.17) is 29.0 Å². The lowest BCUT2D eigenvalue weighted by atomic mass is 10.1. The van der Waals surface area contributed by atoms with Gasteiger partial charge in [-0.15, -0.1) is 0 Å². The Kier molecular flexibility index (Phi) is 5.58. The smallest absolute Gasteiger partial charge is 0.472 e. The van der Waals surface area contributed by atoms with Crippen LogP contribution in [0.1, 0.15) is 6.23 Å². The van der Waals surface area contributed by atoms with Gasteiger partial charge in [-0.1, -0.05) is 6.07 Å². The molecule has 14 heteroatoms. The highest BCUT2D eigenvalue weighted by Crippen LogP contribution is 2.53. The molecule has 0 bridgehead atoms. The second-order valence-electron chi connectivity index (χ2n) is 7.10. The number of hydrogen-bond donors (Lipinski definition) is 2. The van der Waals surface area contributed by atoms with Gasteiger partial charge in [0.15, 0.2) is 22.8 Å². The van der Waals surface area contributed by atoms with Crippen molar-refractivity contribution >= 4 is 36.6 Å². The first-order chi connectivity index (χ1) is 15.4. The number of rotatable bonds is 5. The lowest BCUT2D eigenvalue weighted by molar-refractivity contribution is -0.0667. The molecule has 0 radical (unpaired) electrons. The number of hydrogen-bond acceptors (Lipinski definition) is 11. The number of fused-ring (bicyclic) bond motifs is 2. The lowest BCUT2D eigenvalue weighted by Crippen LogP contribution is -2.40. The van der Waals surface area contributed by atoms with Crippen LogP contribution < -0.4 is 10.5 Å². The predicted molar refractivity (Wildman–Crippen MR) is 112 cm³/mol. The Balaban J connectivity index is 1.50. The van der Waals surface area contributed by atoms with Gasteiger partial charge in [-0.05, 0) is 30.0 Å². The maximum atomic E-state index is 11.9. The number of benzene rings is 1. The van der Waals surface area contributed by atoms with Gasteiger partial charge in [0, 0.05) is 12.0 Å². The van der Waals surface area contributed by atoms with Crippen LogP contribution in [0.25, 0.3) is 11.2 Å². The van der Waals surface area contributed by atoms with Gasteiger partial charge in [-0.2, -0.15) is 0 Å². The second kappa shape index (κ2) is 8.27. The van der Waals surface area contributed by atoms with Crippen LogP contribution in [-0.2, 0) is 23.1 Å². The SMILES string of the molecule is COc1cccc(Sc2nc(N)c3ncn(C4OC5COP(=O)(O)OC5C4OC)c3n2)c1. The Morgan fingerprint density at radius 1 is 1.34 bits per heavy atom. The molecule has 5 unspecified atom stereocenters. The molecule has 2 aromatic heterocycles. The zero-order chi connectivity index (χ0) is 22.5. The number of anilines is 1. The van der Waals surface area contributed by atoms with Crippen LogP contribution in [0, 0.1) is 0 Å². The zero-order valence-electron chi connectivity index (χ0n) is 17.0. The minimum absolute atomic E-state index is 0.102. The van der Waals surface area contributed by atoms with Crippen LogP contribution in [0.4, 0.5) is 5.82 Å². The van der Waals surface area contributed by atoms with Crippen LogP contribution in [-0.4, -0.2) is 63.6 Å². The molecule has 2 aliphatic rings. The highest BCUT2D eigenvalue weighted by Gasteiger charge is 2.53. The molecule has 1 aromatic carbocycles. The van der Waals surface area contributed by atoms with E-state index in [-0.39, 0.29) is 12.4 Å². The van der Waals surface area contributed by atoms with E-state index in [9.17, 15) is 9.46 Å². The first kappa shape index (κ1) is 21.6. The number of nitrogens with zero attached hydrogens (tertiary/aromatic N) is 4. The van der Waals surface area contributed by atoms with Gasteiger partial charge in [0.2, 0.25) is 0 Å². The molecule has 5 rings (SSSR count). The number of methoxy groups -OCH3 is 2. The van der Waals surface area contributed by atoms with E-state index in [2.05, 4.69) is 15.0 Å². The fourth-order valence-electron chi connectivity index (χ4n) is 3.72. The van der Waals surface area contributed by atoms with Gasteiger partial charge in [-0.25, -0.2) is 19.5 Å². The van der Waals surface area contributed by atoms with Crippen LogP contribution in [0.3, 0.4) is 0 Å². The normalized spacial score (nSPS) is 29.8. The standard InChI is InChI=1S/C18H20N5O7PS/c1-26-9-4-3-5-10(6-9)32-18-21-15(19)12-16(22-18)23(8-20-12)17-14(27-2)13-11(29-17)7-28-31(24,25)30-13/h3-6,8,11,13-14,17H,7H2,1-2H3,(H,24,25)(H2,19,21,22). The van der Waals surface area contributed by atoms with Crippen molar-refractivity contribution in [3.05, 3.63) is 30.6 Å². The molecule has 3 aromatic rings. The van der Waals surface area contributed by atoms with E-state index in [0.29, 0.717) is 22.1 Å². The number of phosphoric acid groups is 1. The molecule has 0 aliphatic carbocycles. The predicted octanol–water partition coefficient (Wildman–Crippen LogP) is 2.00. The highest BCUT2D eigenvalue weighted by atomic mass is 32.2. The summed E-state index contributed by atoms with van der Waals surface area (Å²) < 4.78 is 40.5. The number of aromatic nitrogens is 4. The molecule has 2 saturated heterocycles. The lowest BCUT2D eigenvalue weighted by Gasteiger charge is -2.29. The number of nitrogen functional groups attached to an aromatic ring is 1. The molecular weight excluding hydrogens is 461 g/mol. The third kappa shape index (κ3) is 3.86. The second-order valence-corrected chi connectivity index (χ2v) is 9.54. The number of imidazole rings is 1. The fraction of sp³-hybridized carbons (Fsp3) is 0.389. The monoisotopic (exact) mass is 481 g/mol. The van der Waals surface area contributed by atoms with E-state index in [1.165, 1.54) is 25.2 Å². The molecule has 2 aliphatic heterocycles. The summed E-state index contributed by atoms with van der Waals surface area (Å²) in [6.45, 7) is -0.102. The molecule has 12 nitrogen and oxygen atoms in total. The van der Waals surface area contributed by atoms with Gasteiger partial charge in [-0.3, -0.25) is 13.6 Å². The van der Waals surface area contributed by atoms with E-state index in [0.717, 1.165) is 4.90 Å². The van der Waals surface area contributed by atoms with Crippen molar-refractivity contribution < 1.29 is 32.7 Å². The Hall–Kier alpha value is -2.25. The van der Waals surface area contributed by atoms with Crippen molar-refractivity contribution in [2.75, 3.05) is 26.6 Å². The topological polar surface area (TPSA) is 153 Å². The maximum absolute atomic E-state index is 11.9. The fourth-order valence-corrected chi connectivity index (χ4v) is 5.48. The molecule has 2 fully saturated rings. The Labute approximate surface area is 186 Å². The zero-order valence-corrected chi connectivity index (χ0v) is 18.7. The Bertz CT molecular complexity index is 1210. The molecule has 4 heterocycles. The summed E-state index contributed by atoms with van der Waals surface area (Å²) in [6, 6.07) is 7.48. The summed E-state index contributed by atoms with van der Waals surface area (Å²) in [7, 11) is -1.10. The minimum atomic E-state index is -4.16. The Morgan fingerprint density at radius 2 is 2.19 bits per heavy atom. The number of nitrogens with two attached hydrogens (primary N) is 1. The van der Waals surface area contributed by atoms with Gasteiger partial charge in [0.25, 0.3) is 0 Å².